The van der Waals surface area contributed by atoms with Crippen LogP contribution in [0.2, 0.25) is 0 Å². The summed E-state index contributed by atoms with van der Waals surface area (Å²) in [5.41, 5.74) is 0.0962. The third-order valence-electron chi connectivity index (χ3n) is 6.11. The van der Waals surface area contributed by atoms with E-state index in [-0.39, 0.29) is 29.3 Å². The van der Waals surface area contributed by atoms with Crippen LogP contribution in [0.4, 0.5) is 0 Å². The Balaban J connectivity index is 2.00. The fourth-order valence-corrected chi connectivity index (χ4v) is 4.16. The monoisotopic (exact) mass is 296 g/mol. The van der Waals surface area contributed by atoms with E-state index < -0.39 is 17.9 Å². The Kier molecular flexibility index (Phi) is 4.22. The molecule has 4 atom stereocenters. The predicted octanol–water partition coefficient (Wildman–Crippen LogP) is 2.72. The normalized spacial score (nSPS) is 35.0. The number of ether oxygens (including phenoxy) is 1. The van der Waals surface area contributed by atoms with Gasteiger partial charge < -0.3 is 9.84 Å². The molecule has 2 aliphatic carbocycles. The number of hydrogen-bond acceptors (Lipinski definition) is 4. The maximum atomic E-state index is 12.1. The van der Waals surface area contributed by atoms with Gasteiger partial charge in [0.25, 0.3) is 0 Å². The number of Topliss-reactive ketones (excluding diaryl/α,β-unsaturated/α-hetero) is 1. The van der Waals surface area contributed by atoms with Gasteiger partial charge in [-0.05, 0) is 36.5 Å². The number of rotatable bonds is 5. The van der Waals surface area contributed by atoms with Crippen LogP contribution in [-0.4, -0.2) is 29.1 Å². The van der Waals surface area contributed by atoms with E-state index in [4.69, 9.17) is 4.74 Å². The molecule has 2 aliphatic rings. The Bertz CT molecular complexity index is 440. The van der Waals surface area contributed by atoms with E-state index in [0.29, 0.717) is 5.92 Å². The van der Waals surface area contributed by atoms with Crippen molar-refractivity contribution in [1.82, 2.24) is 0 Å². The summed E-state index contributed by atoms with van der Waals surface area (Å²) in [5, 5.41) is 9.86. The van der Waals surface area contributed by atoms with Crippen molar-refractivity contribution in [2.75, 3.05) is 0 Å². The van der Waals surface area contributed by atoms with Gasteiger partial charge in [0.05, 0.1) is 0 Å². The zero-order valence-corrected chi connectivity index (χ0v) is 13.8. The molecule has 0 amide bonds. The van der Waals surface area contributed by atoms with Crippen LogP contribution in [0.1, 0.15) is 60.3 Å². The summed E-state index contributed by atoms with van der Waals surface area (Å²) in [6.45, 7) is 10.4. The number of aliphatic hydroxyl groups excluding tert-OH is 1. The van der Waals surface area contributed by atoms with E-state index in [0.717, 1.165) is 12.8 Å². The highest BCUT2D eigenvalue weighted by atomic mass is 16.6. The fraction of sp³-hybridized carbons (Fsp3) is 0.882. The summed E-state index contributed by atoms with van der Waals surface area (Å²) in [6.07, 6.45) is 1.45. The summed E-state index contributed by atoms with van der Waals surface area (Å²) in [6, 6.07) is 0. The molecule has 4 unspecified atom stereocenters. The second kappa shape index (κ2) is 5.38. The van der Waals surface area contributed by atoms with Gasteiger partial charge in [-0.3, -0.25) is 4.79 Å². The van der Waals surface area contributed by atoms with E-state index in [1.54, 1.807) is 0 Å². The molecule has 0 saturated heterocycles. The lowest BCUT2D eigenvalue weighted by molar-refractivity contribution is -0.169. The van der Waals surface area contributed by atoms with Crippen molar-refractivity contribution in [3.8, 4) is 0 Å². The number of hydrogen-bond donors (Lipinski definition) is 1. The molecule has 2 fully saturated rings. The van der Waals surface area contributed by atoms with Gasteiger partial charge in [0.2, 0.25) is 6.10 Å². The zero-order valence-electron chi connectivity index (χ0n) is 13.8. The third kappa shape index (κ3) is 2.63. The second-order valence-electron chi connectivity index (χ2n) is 8.00. The van der Waals surface area contributed by atoms with Crippen molar-refractivity contribution in [2.24, 2.45) is 22.7 Å². The number of fused-ring (bicyclic) bond motifs is 2. The van der Waals surface area contributed by atoms with Crippen molar-refractivity contribution < 1.29 is 19.4 Å². The molecule has 120 valence electrons. The average Bonchev–Trinajstić information content (AvgIpc) is 2.70. The van der Waals surface area contributed by atoms with Gasteiger partial charge >= 0.3 is 5.97 Å². The minimum absolute atomic E-state index is 0.0475. The van der Waals surface area contributed by atoms with Gasteiger partial charge in [-0.1, -0.05) is 34.6 Å². The predicted molar refractivity (Wildman–Crippen MR) is 79.6 cm³/mol. The first-order chi connectivity index (χ1) is 9.59. The zero-order chi connectivity index (χ0) is 16.0. The van der Waals surface area contributed by atoms with E-state index >= 15 is 0 Å². The average molecular weight is 296 g/mol. The smallest absolute Gasteiger partial charge is 0.343 e. The van der Waals surface area contributed by atoms with Crippen LogP contribution in [0.25, 0.3) is 0 Å². The Morgan fingerprint density at radius 2 is 1.90 bits per heavy atom. The largest absolute Gasteiger partial charge is 0.460 e. The van der Waals surface area contributed by atoms with Gasteiger partial charge in [0, 0.05) is 11.8 Å². The molecule has 1 N–H and O–H groups in total. The number of aliphatic hydroxyl groups is 1. The lowest BCUT2D eigenvalue weighted by atomic mass is 9.70. The van der Waals surface area contributed by atoms with Crippen LogP contribution in [0.15, 0.2) is 0 Å². The first kappa shape index (κ1) is 16.5. The Morgan fingerprint density at radius 1 is 1.29 bits per heavy atom. The lowest BCUT2D eigenvalue weighted by Gasteiger charge is -2.38. The summed E-state index contributed by atoms with van der Waals surface area (Å²) in [7, 11) is 0. The van der Waals surface area contributed by atoms with Crippen molar-refractivity contribution in [3.63, 3.8) is 0 Å². The van der Waals surface area contributed by atoms with Crippen molar-refractivity contribution in [2.45, 2.75) is 72.5 Å². The van der Waals surface area contributed by atoms with E-state index in [9.17, 15) is 14.7 Å². The van der Waals surface area contributed by atoms with Crippen LogP contribution in [0.5, 0.6) is 0 Å². The number of esters is 1. The maximum Gasteiger partial charge on any atom is 0.343 e. The second-order valence-corrected chi connectivity index (χ2v) is 8.00. The quantitative estimate of drug-likeness (QED) is 0.626. The van der Waals surface area contributed by atoms with Crippen molar-refractivity contribution in [1.29, 1.82) is 0 Å². The molecule has 0 aromatic carbocycles. The van der Waals surface area contributed by atoms with Crippen LogP contribution in [0.3, 0.4) is 0 Å². The van der Waals surface area contributed by atoms with E-state index in [1.807, 2.05) is 13.8 Å². The molecule has 0 aromatic rings. The highest BCUT2D eigenvalue weighted by Gasteiger charge is 2.63. The Hall–Kier alpha value is -0.900. The first-order valence-electron chi connectivity index (χ1n) is 8.01. The Labute approximate surface area is 127 Å². The topological polar surface area (TPSA) is 63.6 Å². The van der Waals surface area contributed by atoms with Crippen LogP contribution < -0.4 is 0 Å². The SMILES string of the molecule is CC(C)CC(=O)C(O)C(=O)OC1CC2CCC1(C)C2(C)C. The van der Waals surface area contributed by atoms with Gasteiger partial charge in [-0.15, -0.1) is 0 Å². The summed E-state index contributed by atoms with van der Waals surface area (Å²) < 4.78 is 5.54. The number of ketones is 1. The first-order valence-corrected chi connectivity index (χ1v) is 8.01. The molecule has 0 radical (unpaired) electrons. The number of carbonyl (C=O) groups excluding carboxylic acids is 2. The molecule has 4 heteroatoms. The third-order valence-corrected chi connectivity index (χ3v) is 6.11. The van der Waals surface area contributed by atoms with Gasteiger partial charge in [-0.25, -0.2) is 4.79 Å². The summed E-state index contributed by atoms with van der Waals surface area (Å²) in [5.74, 6) is -0.527. The minimum Gasteiger partial charge on any atom is -0.460 e. The lowest BCUT2D eigenvalue weighted by Crippen LogP contribution is -2.42. The molecule has 21 heavy (non-hydrogen) atoms. The highest BCUT2D eigenvalue weighted by molar-refractivity contribution is 6.01. The van der Waals surface area contributed by atoms with Gasteiger partial charge in [0.1, 0.15) is 6.10 Å². The van der Waals surface area contributed by atoms with E-state index in [2.05, 4.69) is 20.8 Å². The summed E-state index contributed by atoms with van der Waals surface area (Å²) >= 11 is 0. The molecule has 0 heterocycles. The van der Waals surface area contributed by atoms with E-state index in [1.165, 1.54) is 6.42 Å². The number of carbonyl (C=O) groups is 2. The van der Waals surface area contributed by atoms with Crippen molar-refractivity contribution in [3.05, 3.63) is 0 Å². The van der Waals surface area contributed by atoms with Crippen LogP contribution in [0, 0.1) is 22.7 Å². The Morgan fingerprint density at radius 3 is 2.33 bits per heavy atom. The highest BCUT2D eigenvalue weighted by Crippen LogP contribution is 2.66. The molecule has 2 bridgehead atoms. The molecule has 2 saturated carbocycles. The molecular formula is C17H28O4. The van der Waals surface area contributed by atoms with Crippen molar-refractivity contribution >= 4 is 11.8 Å². The molecular weight excluding hydrogens is 268 g/mol. The fourth-order valence-electron chi connectivity index (χ4n) is 4.16. The molecule has 0 spiro atoms. The molecule has 0 aliphatic heterocycles. The standard InChI is InChI=1S/C17H28O4/c1-10(2)8-12(18)14(19)15(20)21-13-9-11-6-7-17(13,5)16(11,3)4/h10-11,13-14,19H,6-9H2,1-5H3. The summed E-state index contributed by atoms with van der Waals surface area (Å²) in [4.78, 5) is 23.8. The van der Waals surface area contributed by atoms with Crippen LogP contribution >= 0.6 is 0 Å². The molecule has 2 rings (SSSR count). The maximum absolute atomic E-state index is 12.1. The minimum atomic E-state index is -1.63. The molecule has 0 aromatic heterocycles. The van der Waals surface area contributed by atoms with Crippen LogP contribution in [-0.2, 0) is 14.3 Å². The van der Waals surface area contributed by atoms with Gasteiger partial charge in [0.15, 0.2) is 5.78 Å². The molecule has 4 nitrogen and oxygen atoms in total. The van der Waals surface area contributed by atoms with Gasteiger partial charge in [-0.2, -0.15) is 0 Å².